The van der Waals surface area contributed by atoms with Crippen molar-refractivity contribution in [3.05, 3.63) is 29.3 Å². The van der Waals surface area contributed by atoms with Crippen LogP contribution in [0.1, 0.15) is 25.0 Å². The van der Waals surface area contributed by atoms with Crippen LogP contribution in [0.5, 0.6) is 0 Å². The van der Waals surface area contributed by atoms with Crippen LogP contribution in [0.25, 0.3) is 0 Å². The van der Waals surface area contributed by atoms with Crippen molar-refractivity contribution in [2.75, 3.05) is 32.2 Å². The summed E-state index contributed by atoms with van der Waals surface area (Å²) in [5.74, 6) is 0. The lowest BCUT2D eigenvalue weighted by Gasteiger charge is -2.30. The molecule has 3 nitrogen and oxygen atoms in total. The second kappa shape index (κ2) is 7.66. The van der Waals surface area contributed by atoms with Gasteiger partial charge in [-0.3, -0.25) is 0 Å². The van der Waals surface area contributed by atoms with E-state index in [4.69, 9.17) is 4.74 Å². The maximum absolute atomic E-state index is 13.2. The molecule has 0 aliphatic rings. The number of methoxy groups -OCH3 is 1. The Morgan fingerprint density at radius 1 is 1.29 bits per heavy atom. The van der Waals surface area contributed by atoms with Crippen LogP contribution in [0.2, 0.25) is 0 Å². The predicted molar refractivity (Wildman–Crippen MR) is 78.6 cm³/mol. The molecule has 120 valence electrons. The first-order valence-corrected chi connectivity index (χ1v) is 6.91. The summed E-state index contributed by atoms with van der Waals surface area (Å²) in [6, 6.07) is 4.59. The molecule has 21 heavy (non-hydrogen) atoms. The van der Waals surface area contributed by atoms with Crippen molar-refractivity contribution in [3.63, 3.8) is 0 Å². The smallest absolute Gasteiger partial charge is 0.383 e. The van der Waals surface area contributed by atoms with Crippen molar-refractivity contribution in [2.24, 2.45) is 0 Å². The van der Waals surface area contributed by atoms with Crippen LogP contribution in [0.3, 0.4) is 0 Å². The van der Waals surface area contributed by atoms with Crippen LogP contribution in [-0.2, 0) is 17.5 Å². The zero-order chi connectivity index (χ0) is 16.0. The van der Waals surface area contributed by atoms with E-state index in [1.54, 1.807) is 20.2 Å². The van der Waals surface area contributed by atoms with E-state index < -0.39 is 11.7 Å². The summed E-state index contributed by atoms with van der Waals surface area (Å²) < 4.78 is 44.6. The molecule has 0 spiro atoms. The van der Waals surface area contributed by atoms with E-state index in [-0.39, 0.29) is 18.2 Å². The van der Waals surface area contributed by atoms with Crippen molar-refractivity contribution >= 4 is 5.69 Å². The first-order chi connectivity index (χ1) is 9.81. The van der Waals surface area contributed by atoms with E-state index in [1.165, 1.54) is 12.1 Å². The molecule has 0 amide bonds. The molecule has 1 aromatic rings. The van der Waals surface area contributed by atoms with Crippen LogP contribution in [0, 0.1) is 0 Å². The van der Waals surface area contributed by atoms with Gasteiger partial charge in [0.2, 0.25) is 0 Å². The molecular formula is C15H23F3N2O. The number of anilines is 1. The highest BCUT2D eigenvalue weighted by Gasteiger charge is 2.33. The van der Waals surface area contributed by atoms with Gasteiger partial charge in [0.1, 0.15) is 0 Å². The number of hydrogen-bond donors (Lipinski definition) is 1. The average molecular weight is 304 g/mol. The van der Waals surface area contributed by atoms with Gasteiger partial charge in [-0.05, 0) is 38.6 Å². The molecule has 1 N–H and O–H groups in total. The molecule has 0 saturated carbocycles. The zero-order valence-corrected chi connectivity index (χ0v) is 12.9. The summed E-state index contributed by atoms with van der Waals surface area (Å²) in [5, 5.41) is 2.77. The summed E-state index contributed by atoms with van der Waals surface area (Å²) in [7, 11) is 3.21. The third kappa shape index (κ3) is 4.89. The first-order valence-electron chi connectivity index (χ1n) is 6.91. The van der Waals surface area contributed by atoms with Gasteiger partial charge in [0.05, 0.1) is 12.2 Å². The van der Waals surface area contributed by atoms with Gasteiger partial charge < -0.3 is 15.0 Å². The Kier molecular flexibility index (Phi) is 6.48. The van der Waals surface area contributed by atoms with Gasteiger partial charge in [-0.25, -0.2) is 0 Å². The highest BCUT2D eigenvalue weighted by atomic mass is 19.4. The largest absolute Gasteiger partial charge is 0.416 e. The fraction of sp³-hybridized carbons (Fsp3) is 0.600. The third-order valence-electron chi connectivity index (χ3n) is 3.26. The van der Waals surface area contributed by atoms with Gasteiger partial charge in [0.25, 0.3) is 0 Å². The Hall–Kier alpha value is -1.27. The van der Waals surface area contributed by atoms with Gasteiger partial charge in [0, 0.05) is 31.9 Å². The van der Waals surface area contributed by atoms with Gasteiger partial charge in [-0.1, -0.05) is 6.07 Å². The molecule has 0 bridgehead atoms. The monoisotopic (exact) mass is 304 g/mol. The predicted octanol–water partition coefficient (Wildman–Crippen LogP) is 3.29. The number of ether oxygens (including phenoxy) is 1. The molecule has 0 radical (unpaired) electrons. The summed E-state index contributed by atoms with van der Waals surface area (Å²) in [6.45, 7) is 5.11. The molecule has 0 aliphatic carbocycles. The van der Waals surface area contributed by atoms with Crippen molar-refractivity contribution in [1.82, 2.24) is 5.32 Å². The van der Waals surface area contributed by atoms with Gasteiger partial charge in [0.15, 0.2) is 0 Å². The SMILES string of the molecule is CNCc1ccc(N(CCOC)C(C)C)cc1C(F)(F)F. The zero-order valence-electron chi connectivity index (χ0n) is 12.9. The quantitative estimate of drug-likeness (QED) is 0.836. The number of alkyl halides is 3. The van der Waals surface area contributed by atoms with Crippen molar-refractivity contribution in [2.45, 2.75) is 32.6 Å². The molecule has 0 atom stereocenters. The molecule has 0 heterocycles. The lowest BCUT2D eigenvalue weighted by atomic mass is 10.0. The van der Waals surface area contributed by atoms with Crippen molar-refractivity contribution < 1.29 is 17.9 Å². The Bertz CT molecular complexity index is 447. The molecule has 0 aliphatic heterocycles. The summed E-state index contributed by atoms with van der Waals surface area (Å²) in [5.41, 5.74) is 0.232. The maximum atomic E-state index is 13.2. The molecule has 0 unspecified atom stereocenters. The molecule has 0 aromatic heterocycles. The molecule has 1 aromatic carbocycles. The number of hydrogen-bond acceptors (Lipinski definition) is 3. The summed E-state index contributed by atoms with van der Waals surface area (Å²) >= 11 is 0. The Morgan fingerprint density at radius 2 is 1.95 bits per heavy atom. The number of benzene rings is 1. The lowest BCUT2D eigenvalue weighted by Crippen LogP contribution is -2.34. The molecule has 0 fully saturated rings. The van der Waals surface area contributed by atoms with E-state index in [1.807, 2.05) is 18.7 Å². The first kappa shape index (κ1) is 17.8. The lowest BCUT2D eigenvalue weighted by molar-refractivity contribution is -0.138. The summed E-state index contributed by atoms with van der Waals surface area (Å²) in [4.78, 5) is 1.90. The highest BCUT2D eigenvalue weighted by molar-refractivity contribution is 5.52. The highest BCUT2D eigenvalue weighted by Crippen LogP contribution is 2.35. The Labute approximate surface area is 124 Å². The minimum Gasteiger partial charge on any atom is -0.383 e. The fourth-order valence-electron chi connectivity index (χ4n) is 2.23. The van der Waals surface area contributed by atoms with Gasteiger partial charge >= 0.3 is 6.18 Å². The van der Waals surface area contributed by atoms with Crippen LogP contribution >= 0.6 is 0 Å². The molecular weight excluding hydrogens is 281 g/mol. The molecule has 6 heteroatoms. The normalized spacial score (nSPS) is 12.0. The maximum Gasteiger partial charge on any atom is 0.416 e. The molecule has 1 rings (SSSR count). The summed E-state index contributed by atoms with van der Waals surface area (Å²) in [6.07, 6.45) is -4.36. The standard InChI is InChI=1S/C15H23F3N2O/c1-11(2)20(7-8-21-4)13-6-5-12(10-19-3)14(9-13)15(16,17)18/h5-6,9,11,19H,7-8,10H2,1-4H3. The van der Waals surface area contributed by atoms with Gasteiger partial charge in [-0.15, -0.1) is 0 Å². The van der Waals surface area contributed by atoms with Crippen molar-refractivity contribution in [1.29, 1.82) is 0 Å². The second-order valence-corrected chi connectivity index (χ2v) is 5.15. The molecule has 0 saturated heterocycles. The fourth-order valence-corrected chi connectivity index (χ4v) is 2.23. The van der Waals surface area contributed by atoms with Crippen LogP contribution < -0.4 is 10.2 Å². The van der Waals surface area contributed by atoms with Crippen molar-refractivity contribution in [3.8, 4) is 0 Å². The number of rotatable bonds is 7. The minimum atomic E-state index is -4.36. The minimum absolute atomic E-state index is 0.0939. The number of nitrogens with zero attached hydrogens (tertiary/aromatic N) is 1. The van der Waals surface area contributed by atoms with E-state index in [0.717, 1.165) is 0 Å². The van der Waals surface area contributed by atoms with E-state index in [0.29, 0.717) is 18.8 Å². The van der Waals surface area contributed by atoms with E-state index in [9.17, 15) is 13.2 Å². The third-order valence-corrected chi connectivity index (χ3v) is 3.26. The number of nitrogens with one attached hydrogen (secondary N) is 1. The Balaban J connectivity index is 3.18. The van der Waals surface area contributed by atoms with Crippen LogP contribution in [-0.4, -0.2) is 33.4 Å². The van der Waals surface area contributed by atoms with E-state index in [2.05, 4.69) is 5.32 Å². The van der Waals surface area contributed by atoms with E-state index >= 15 is 0 Å². The van der Waals surface area contributed by atoms with Crippen LogP contribution in [0.4, 0.5) is 18.9 Å². The van der Waals surface area contributed by atoms with Gasteiger partial charge in [-0.2, -0.15) is 13.2 Å². The second-order valence-electron chi connectivity index (χ2n) is 5.15. The topological polar surface area (TPSA) is 24.5 Å². The Morgan fingerprint density at radius 3 is 2.43 bits per heavy atom. The van der Waals surface area contributed by atoms with Crippen LogP contribution in [0.15, 0.2) is 18.2 Å². The average Bonchev–Trinajstić information content (AvgIpc) is 2.39. The number of halogens is 3.